The average molecular weight is 271 g/mol. The van der Waals surface area contributed by atoms with Gasteiger partial charge in [-0.2, -0.15) is 0 Å². The Kier molecular flexibility index (Phi) is 3.33. The van der Waals surface area contributed by atoms with E-state index in [4.69, 9.17) is 4.98 Å². The fourth-order valence-corrected chi connectivity index (χ4v) is 4.05. The molecule has 0 aliphatic heterocycles. The van der Waals surface area contributed by atoms with Gasteiger partial charge in [-0.05, 0) is 44.4 Å². The van der Waals surface area contributed by atoms with Crippen LogP contribution in [0.5, 0.6) is 0 Å². The maximum absolute atomic E-state index is 4.74. The summed E-state index contributed by atoms with van der Waals surface area (Å²) in [6.45, 7) is 6.90. The smallest absolute Gasteiger partial charge is 0.107 e. The van der Waals surface area contributed by atoms with Crippen LogP contribution in [-0.2, 0) is 0 Å². The van der Waals surface area contributed by atoms with Gasteiger partial charge >= 0.3 is 0 Å². The zero-order valence-electron chi connectivity index (χ0n) is 13.0. The summed E-state index contributed by atoms with van der Waals surface area (Å²) in [7, 11) is 2.10. The molecule has 3 nitrogen and oxygen atoms in total. The Hall–Kier alpha value is -1.35. The van der Waals surface area contributed by atoms with E-state index >= 15 is 0 Å². The van der Waals surface area contributed by atoms with Crippen LogP contribution in [-0.4, -0.2) is 22.6 Å². The molecule has 1 fully saturated rings. The first-order valence-corrected chi connectivity index (χ1v) is 7.65. The minimum absolute atomic E-state index is 0.329. The summed E-state index contributed by atoms with van der Waals surface area (Å²) in [5.74, 6) is 1.13. The first-order chi connectivity index (χ1) is 9.54. The van der Waals surface area contributed by atoms with Crippen LogP contribution in [0.15, 0.2) is 24.3 Å². The molecule has 0 saturated heterocycles. The third kappa shape index (κ3) is 2.05. The van der Waals surface area contributed by atoms with Crippen molar-refractivity contribution in [2.75, 3.05) is 7.05 Å². The largest absolute Gasteiger partial charge is 0.323 e. The Bertz CT molecular complexity index is 612. The molecular formula is C17H25N3. The number of hydrogen-bond acceptors (Lipinski definition) is 2. The van der Waals surface area contributed by atoms with Gasteiger partial charge in [0.2, 0.25) is 0 Å². The van der Waals surface area contributed by atoms with E-state index in [1.165, 1.54) is 24.8 Å². The number of fused-ring (bicyclic) bond motifs is 1. The molecule has 1 heterocycles. The second-order valence-corrected chi connectivity index (χ2v) is 6.73. The summed E-state index contributed by atoms with van der Waals surface area (Å²) in [5.41, 5.74) is 2.71. The molecule has 2 atom stereocenters. The Labute approximate surface area is 121 Å². The van der Waals surface area contributed by atoms with Crippen LogP contribution in [0, 0.1) is 12.3 Å². The van der Waals surface area contributed by atoms with Crippen molar-refractivity contribution in [3.63, 3.8) is 0 Å². The van der Waals surface area contributed by atoms with Gasteiger partial charge in [0.05, 0.1) is 17.1 Å². The van der Waals surface area contributed by atoms with E-state index < -0.39 is 0 Å². The van der Waals surface area contributed by atoms with Gasteiger partial charge in [0, 0.05) is 6.04 Å². The highest BCUT2D eigenvalue weighted by molar-refractivity contribution is 5.76. The number of benzene rings is 1. The van der Waals surface area contributed by atoms with Crippen molar-refractivity contribution >= 4 is 11.0 Å². The maximum Gasteiger partial charge on any atom is 0.107 e. The standard InChI is InChI=1S/C17H25N3/c1-12-19-13-8-5-6-9-14(13)20(12)15-10-7-11-17(2,3)16(15)18-4/h5-6,8-9,15-16,18H,7,10-11H2,1-4H3. The highest BCUT2D eigenvalue weighted by Crippen LogP contribution is 2.42. The molecule has 1 aromatic carbocycles. The minimum atomic E-state index is 0.329. The van der Waals surface area contributed by atoms with E-state index in [0.29, 0.717) is 17.5 Å². The molecule has 2 unspecified atom stereocenters. The van der Waals surface area contributed by atoms with Crippen LogP contribution in [0.2, 0.25) is 0 Å². The van der Waals surface area contributed by atoms with Crippen molar-refractivity contribution in [1.82, 2.24) is 14.9 Å². The second-order valence-electron chi connectivity index (χ2n) is 6.73. The van der Waals surface area contributed by atoms with E-state index in [-0.39, 0.29) is 0 Å². The molecule has 20 heavy (non-hydrogen) atoms. The number of aryl methyl sites for hydroxylation is 1. The van der Waals surface area contributed by atoms with E-state index in [1.54, 1.807) is 0 Å². The number of imidazole rings is 1. The molecule has 3 heteroatoms. The van der Waals surface area contributed by atoms with E-state index in [0.717, 1.165) is 11.3 Å². The molecule has 1 saturated carbocycles. The number of nitrogens with one attached hydrogen (secondary N) is 1. The molecule has 1 aromatic heterocycles. The number of para-hydroxylation sites is 2. The molecular weight excluding hydrogens is 246 g/mol. The van der Waals surface area contributed by atoms with Gasteiger partial charge < -0.3 is 9.88 Å². The molecule has 3 rings (SSSR count). The SMILES string of the molecule is CNC1C(n2c(C)nc3ccccc32)CCCC1(C)C. The quantitative estimate of drug-likeness (QED) is 0.903. The van der Waals surface area contributed by atoms with Crippen molar-refractivity contribution in [2.24, 2.45) is 5.41 Å². The molecule has 2 aromatic rings. The highest BCUT2D eigenvalue weighted by Gasteiger charge is 2.39. The molecule has 0 radical (unpaired) electrons. The predicted molar refractivity (Wildman–Crippen MR) is 84.0 cm³/mol. The van der Waals surface area contributed by atoms with Crippen LogP contribution in [0.25, 0.3) is 11.0 Å². The monoisotopic (exact) mass is 271 g/mol. The molecule has 0 bridgehead atoms. The topological polar surface area (TPSA) is 29.9 Å². The number of nitrogens with zero attached hydrogens (tertiary/aromatic N) is 2. The number of hydrogen-bond donors (Lipinski definition) is 1. The molecule has 1 N–H and O–H groups in total. The molecule has 0 amide bonds. The van der Waals surface area contributed by atoms with E-state index in [9.17, 15) is 0 Å². The highest BCUT2D eigenvalue weighted by atomic mass is 15.1. The zero-order valence-corrected chi connectivity index (χ0v) is 13.0. The minimum Gasteiger partial charge on any atom is -0.323 e. The third-order valence-electron chi connectivity index (χ3n) is 4.96. The predicted octanol–water partition coefficient (Wildman–Crippen LogP) is 3.68. The Balaban J connectivity index is 2.11. The summed E-state index contributed by atoms with van der Waals surface area (Å²) in [5, 5.41) is 3.58. The van der Waals surface area contributed by atoms with Gasteiger partial charge in [-0.25, -0.2) is 4.98 Å². The van der Waals surface area contributed by atoms with Gasteiger partial charge in [-0.3, -0.25) is 0 Å². The Morgan fingerprint density at radius 1 is 1.30 bits per heavy atom. The second kappa shape index (κ2) is 4.88. The summed E-state index contributed by atoms with van der Waals surface area (Å²) in [6, 6.07) is 9.48. The lowest BCUT2D eigenvalue weighted by Gasteiger charge is -2.45. The van der Waals surface area contributed by atoms with E-state index in [2.05, 4.69) is 62.0 Å². The van der Waals surface area contributed by atoms with Crippen molar-refractivity contribution < 1.29 is 0 Å². The molecule has 1 aliphatic rings. The van der Waals surface area contributed by atoms with Gasteiger partial charge in [0.25, 0.3) is 0 Å². The van der Waals surface area contributed by atoms with Crippen LogP contribution >= 0.6 is 0 Å². The first-order valence-electron chi connectivity index (χ1n) is 7.65. The lowest BCUT2D eigenvalue weighted by Crippen LogP contribution is -2.49. The third-order valence-corrected chi connectivity index (χ3v) is 4.96. The Morgan fingerprint density at radius 2 is 2.05 bits per heavy atom. The zero-order chi connectivity index (χ0) is 14.3. The number of likely N-dealkylation sites (N-methyl/N-ethyl adjacent to an activating group) is 1. The fourth-order valence-electron chi connectivity index (χ4n) is 4.05. The molecule has 1 aliphatic carbocycles. The fraction of sp³-hybridized carbons (Fsp3) is 0.588. The normalized spacial score (nSPS) is 26.0. The van der Waals surface area contributed by atoms with Crippen LogP contribution in [0.4, 0.5) is 0 Å². The van der Waals surface area contributed by atoms with Crippen LogP contribution in [0.3, 0.4) is 0 Å². The van der Waals surface area contributed by atoms with E-state index in [1.807, 2.05) is 0 Å². The summed E-state index contributed by atoms with van der Waals surface area (Å²) >= 11 is 0. The lowest BCUT2D eigenvalue weighted by atomic mass is 9.70. The number of aromatic nitrogens is 2. The van der Waals surface area contributed by atoms with Crippen LogP contribution < -0.4 is 5.32 Å². The van der Waals surface area contributed by atoms with Gasteiger partial charge in [0.15, 0.2) is 0 Å². The molecule has 0 spiro atoms. The summed E-state index contributed by atoms with van der Waals surface area (Å²) in [6.07, 6.45) is 3.82. The maximum atomic E-state index is 4.74. The van der Waals surface area contributed by atoms with Gasteiger partial charge in [-0.1, -0.05) is 32.4 Å². The van der Waals surface area contributed by atoms with Crippen molar-refractivity contribution in [1.29, 1.82) is 0 Å². The Morgan fingerprint density at radius 3 is 2.80 bits per heavy atom. The first kappa shape index (κ1) is 13.6. The van der Waals surface area contributed by atoms with Crippen molar-refractivity contribution in [3.8, 4) is 0 Å². The van der Waals surface area contributed by atoms with Gasteiger partial charge in [-0.15, -0.1) is 0 Å². The lowest BCUT2D eigenvalue weighted by molar-refractivity contribution is 0.120. The van der Waals surface area contributed by atoms with Crippen molar-refractivity contribution in [3.05, 3.63) is 30.1 Å². The summed E-state index contributed by atoms with van der Waals surface area (Å²) < 4.78 is 2.46. The molecule has 108 valence electrons. The van der Waals surface area contributed by atoms with Gasteiger partial charge in [0.1, 0.15) is 5.82 Å². The average Bonchev–Trinajstić information content (AvgIpc) is 2.73. The van der Waals surface area contributed by atoms with Crippen LogP contribution in [0.1, 0.15) is 45.0 Å². The number of rotatable bonds is 2. The summed E-state index contributed by atoms with van der Waals surface area (Å²) in [4.78, 5) is 4.74. The van der Waals surface area contributed by atoms with Crippen molar-refractivity contribution in [2.45, 2.75) is 52.1 Å².